The molecule has 7 heteroatoms. The minimum atomic E-state index is -0.351. The van der Waals surface area contributed by atoms with Crippen LogP contribution < -0.4 is 10.6 Å². The van der Waals surface area contributed by atoms with Gasteiger partial charge in [0.25, 0.3) is 0 Å². The number of hydrogen-bond donors (Lipinski definition) is 2. The minimum Gasteiger partial charge on any atom is -0.356 e. The second-order valence-corrected chi connectivity index (χ2v) is 8.31. The van der Waals surface area contributed by atoms with Crippen LogP contribution in [0.3, 0.4) is 0 Å². The number of anilines is 1. The second-order valence-electron chi connectivity index (χ2n) is 8.31. The topological polar surface area (TPSA) is 74.3 Å². The van der Waals surface area contributed by atoms with Gasteiger partial charge in [0.05, 0.1) is 11.8 Å². The molecule has 0 saturated carbocycles. The predicted octanol–water partition coefficient (Wildman–Crippen LogP) is 3.07. The average Bonchev–Trinajstić information content (AvgIpc) is 2.74. The van der Waals surface area contributed by atoms with Crippen molar-refractivity contribution in [2.24, 2.45) is 17.8 Å². The van der Waals surface area contributed by atoms with E-state index < -0.39 is 0 Å². The second kappa shape index (κ2) is 10.3. The van der Waals surface area contributed by atoms with E-state index in [0.717, 1.165) is 5.56 Å². The van der Waals surface area contributed by atoms with Gasteiger partial charge < -0.3 is 10.6 Å². The van der Waals surface area contributed by atoms with Gasteiger partial charge in [0.1, 0.15) is 5.82 Å². The van der Waals surface area contributed by atoms with Gasteiger partial charge in [-0.25, -0.2) is 4.39 Å². The Morgan fingerprint density at radius 3 is 2.33 bits per heavy atom. The zero-order chi connectivity index (χ0) is 21.5. The van der Waals surface area contributed by atoms with Crippen LogP contribution in [-0.4, -0.2) is 41.3 Å². The van der Waals surface area contributed by atoms with Crippen molar-refractivity contribution in [2.45, 2.75) is 26.8 Å². The van der Waals surface area contributed by atoms with Crippen LogP contribution in [0, 0.1) is 23.6 Å². The van der Waals surface area contributed by atoms with Gasteiger partial charge in [0.2, 0.25) is 11.8 Å². The molecule has 1 aliphatic rings. The highest BCUT2D eigenvalue weighted by atomic mass is 19.1. The van der Waals surface area contributed by atoms with Crippen LogP contribution in [0.5, 0.6) is 0 Å². The lowest BCUT2D eigenvalue weighted by Gasteiger charge is -2.36. The maximum Gasteiger partial charge on any atom is 0.228 e. The third-order valence-electron chi connectivity index (χ3n) is 5.22. The molecule has 1 aliphatic heterocycles. The van der Waals surface area contributed by atoms with Crippen molar-refractivity contribution in [3.63, 3.8) is 0 Å². The summed E-state index contributed by atoms with van der Waals surface area (Å²) in [6.45, 7) is 6.53. The van der Waals surface area contributed by atoms with Crippen LogP contribution in [0.4, 0.5) is 10.1 Å². The predicted molar refractivity (Wildman–Crippen MR) is 114 cm³/mol. The lowest BCUT2D eigenvalue weighted by molar-refractivity contribution is -0.130. The Morgan fingerprint density at radius 2 is 1.70 bits per heavy atom. The van der Waals surface area contributed by atoms with E-state index in [1.165, 1.54) is 24.3 Å². The third kappa shape index (κ3) is 6.35. The molecule has 0 radical (unpaired) electrons. The Labute approximate surface area is 176 Å². The van der Waals surface area contributed by atoms with Crippen molar-refractivity contribution < 1.29 is 14.0 Å². The fraction of sp³-hybridized carbons (Fsp3) is 0.435. The number of carbonyl (C=O) groups is 2. The van der Waals surface area contributed by atoms with E-state index in [9.17, 15) is 14.0 Å². The third-order valence-corrected chi connectivity index (χ3v) is 5.22. The molecule has 30 heavy (non-hydrogen) atoms. The smallest absolute Gasteiger partial charge is 0.228 e. The van der Waals surface area contributed by atoms with E-state index in [2.05, 4.69) is 34.4 Å². The molecule has 2 amide bonds. The van der Waals surface area contributed by atoms with Crippen LogP contribution in [-0.2, 0) is 16.1 Å². The number of aromatic nitrogens is 1. The molecule has 3 rings (SSSR count). The van der Waals surface area contributed by atoms with E-state index in [4.69, 9.17) is 0 Å². The number of benzene rings is 1. The number of pyridine rings is 1. The Bertz CT molecular complexity index is 842. The number of amides is 2. The van der Waals surface area contributed by atoms with Crippen LogP contribution in [0.1, 0.15) is 25.8 Å². The van der Waals surface area contributed by atoms with Crippen molar-refractivity contribution in [1.82, 2.24) is 15.2 Å². The van der Waals surface area contributed by atoms with Crippen LogP contribution in [0.15, 0.2) is 48.8 Å². The van der Waals surface area contributed by atoms with Crippen molar-refractivity contribution in [1.29, 1.82) is 0 Å². The first-order chi connectivity index (χ1) is 14.4. The van der Waals surface area contributed by atoms with Crippen LogP contribution in [0.2, 0.25) is 0 Å². The van der Waals surface area contributed by atoms with E-state index in [0.29, 0.717) is 44.2 Å². The zero-order valence-corrected chi connectivity index (χ0v) is 17.5. The molecule has 2 atom stereocenters. The van der Waals surface area contributed by atoms with Crippen LogP contribution >= 0.6 is 0 Å². The molecule has 0 spiro atoms. The lowest BCUT2D eigenvalue weighted by Crippen LogP contribution is -2.49. The molecule has 1 aromatic carbocycles. The van der Waals surface area contributed by atoms with Gasteiger partial charge in [-0.15, -0.1) is 0 Å². The molecule has 2 aromatic rings. The standard InChI is InChI=1S/C23H29FN4O2/c1-16(2)12-26-22(29)18-11-19(23(30)27-21-5-3-20(24)4-6-21)15-28(14-18)13-17-7-9-25-10-8-17/h3-10,16,18-19H,11-15H2,1-2H3,(H,26,29)(H,27,30)/t18-,19+/m0/s1. The monoisotopic (exact) mass is 412 g/mol. The highest BCUT2D eigenvalue weighted by Gasteiger charge is 2.35. The van der Waals surface area contributed by atoms with Gasteiger partial charge >= 0.3 is 0 Å². The molecular formula is C23H29FN4O2. The summed E-state index contributed by atoms with van der Waals surface area (Å²) in [5.74, 6) is -0.742. The maximum absolute atomic E-state index is 13.1. The molecular weight excluding hydrogens is 383 g/mol. The van der Waals surface area contributed by atoms with Crippen molar-refractivity contribution in [2.75, 3.05) is 25.0 Å². The first-order valence-corrected chi connectivity index (χ1v) is 10.4. The summed E-state index contributed by atoms with van der Waals surface area (Å²) in [6.07, 6.45) is 3.97. The number of piperidine rings is 1. The van der Waals surface area contributed by atoms with Gasteiger partial charge in [-0.1, -0.05) is 13.8 Å². The SMILES string of the molecule is CC(C)CNC(=O)[C@H]1C[C@@H](C(=O)Nc2ccc(F)cc2)CN(Cc2ccncc2)C1. The summed E-state index contributed by atoms with van der Waals surface area (Å²) in [6, 6.07) is 9.59. The summed E-state index contributed by atoms with van der Waals surface area (Å²) < 4.78 is 13.1. The largest absolute Gasteiger partial charge is 0.356 e. The molecule has 1 saturated heterocycles. The Kier molecular flexibility index (Phi) is 7.52. The molecule has 2 N–H and O–H groups in total. The van der Waals surface area contributed by atoms with Gasteiger partial charge in [-0.05, 0) is 54.3 Å². The first kappa shape index (κ1) is 21.9. The Hall–Kier alpha value is -2.80. The zero-order valence-electron chi connectivity index (χ0n) is 17.5. The fourth-order valence-corrected chi connectivity index (χ4v) is 3.67. The fourth-order valence-electron chi connectivity index (χ4n) is 3.67. The van der Waals surface area contributed by atoms with E-state index in [-0.39, 0.29) is 29.5 Å². The molecule has 0 aliphatic carbocycles. The molecule has 1 fully saturated rings. The highest BCUT2D eigenvalue weighted by molar-refractivity contribution is 5.93. The van der Waals surface area contributed by atoms with Crippen LogP contribution in [0.25, 0.3) is 0 Å². The van der Waals surface area contributed by atoms with Gasteiger partial charge in [0.15, 0.2) is 0 Å². The molecule has 1 aromatic heterocycles. The normalized spacial score (nSPS) is 19.5. The molecule has 6 nitrogen and oxygen atoms in total. The average molecular weight is 413 g/mol. The van der Waals surface area contributed by atoms with Crippen molar-refractivity contribution in [3.8, 4) is 0 Å². The Balaban J connectivity index is 1.70. The maximum atomic E-state index is 13.1. The van der Waals surface area contributed by atoms with Gasteiger partial charge in [-0.2, -0.15) is 0 Å². The number of nitrogens with one attached hydrogen (secondary N) is 2. The lowest BCUT2D eigenvalue weighted by atomic mass is 9.87. The number of rotatable bonds is 7. The quantitative estimate of drug-likeness (QED) is 0.733. The summed E-state index contributed by atoms with van der Waals surface area (Å²) in [7, 11) is 0. The number of nitrogens with zero attached hydrogens (tertiary/aromatic N) is 2. The van der Waals surface area contributed by atoms with E-state index >= 15 is 0 Å². The molecule has 2 heterocycles. The summed E-state index contributed by atoms with van der Waals surface area (Å²) in [5, 5.41) is 5.86. The minimum absolute atomic E-state index is 0.0114. The molecule has 0 unspecified atom stereocenters. The van der Waals surface area contributed by atoms with Crippen molar-refractivity contribution >= 4 is 17.5 Å². The van der Waals surface area contributed by atoms with Crippen molar-refractivity contribution in [3.05, 3.63) is 60.2 Å². The van der Waals surface area contributed by atoms with E-state index in [1.807, 2.05) is 12.1 Å². The van der Waals surface area contributed by atoms with Gasteiger partial charge in [-0.3, -0.25) is 19.5 Å². The molecule has 160 valence electrons. The highest BCUT2D eigenvalue weighted by Crippen LogP contribution is 2.25. The van der Waals surface area contributed by atoms with E-state index in [1.54, 1.807) is 12.4 Å². The number of hydrogen-bond acceptors (Lipinski definition) is 4. The number of likely N-dealkylation sites (tertiary alicyclic amines) is 1. The number of carbonyl (C=O) groups excluding carboxylic acids is 2. The Morgan fingerprint density at radius 1 is 1.07 bits per heavy atom. The summed E-state index contributed by atoms with van der Waals surface area (Å²) in [4.78, 5) is 31.8. The molecule has 0 bridgehead atoms. The first-order valence-electron chi connectivity index (χ1n) is 10.4. The summed E-state index contributed by atoms with van der Waals surface area (Å²) >= 11 is 0. The summed E-state index contributed by atoms with van der Waals surface area (Å²) in [5.41, 5.74) is 1.64. The van der Waals surface area contributed by atoms with Gasteiger partial charge in [0, 0.05) is 44.3 Å². The number of halogens is 1.